The predicted octanol–water partition coefficient (Wildman–Crippen LogP) is 1.18. The molecule has 2 aromatic rings. The number of hydrogen-bond acceptors (Lipinski definition) is 2. The van der Waals surface area contributed by atoms with Gasteiger partial charge < -0.3 is 15.3 Å². The van der Waals surface area contributed by atoms with Crippen molar-refractivity contribution in [3.8, 4) is 0 Å². The molecule has 0 saturated heterocycles. The van der Waals surface area contributed by atoms with E-state index >= 15 is 0 Å². The fourth-order valence-corrected chi connectivity index (χ4v) is 1.62. The summed E-state index contributed by atoms with van der Waals surface area (Å²) in [7, 11) is 0. The van der Waals surface area contributed by atoms with Gasteiger partial charge in [0, 0.05) is 19.0 Å². The largest absolute Gasteiger partial charge is 0.323 e. The van der Waals surface area contributed by atoms with Crippen LogP contribution >= 0.6 is 11.6 Å². The van der Waals surface area contributed by atoms with E-state index in [1.165, 1.54) is 0 Å². The molecule has 15 heavy (non-hydrogen) atoms. The Balaban J connectivity index is 2.19. The molecule has 0 amide bonds. The summed E-state index contributed by atoms with van der Waals surface area (Å²) in [6.07, 6.45) is 0. The summed E-state index contributed by atoms with van der Waals surface area (Å²) in [4.78, 5) is 16.4. The van der Waals surface area contributed by atoms with Gasteiger partial charge in [-0.15, -0.1) is 11.6 Å². The molecule has 1 heterocycles. The van der Waals surface area contributed by atoms with Crippen molar-refractivity contribution < 1.29 is 0 Å². The Labute approximate surface area is 91.7 Å². The van der Waals surface area contributed by atoms with Crippen LogP contribution in [0.4, 0.5) is 0 Å². The van der Waals surface area contributed by atoms with E-state index in [0.717, 1.165) is 29.7 Å². The molecule has 0 radical (unpaired) electrons. The molecule has 0 aliphatic heterocycles. The number of halogens is 1. The van der Waals surface area contributed by atoms with Crippen LogP contribution in [-0.4, -0.2) is 22.4 Å². The molecule has 1 aromatic heterocycles. The zero-order valence-electron chi connectivity index (χ0n) is 8.14. The molecular formula is C10H12ClN3O. The lowest BCUT2D eigenvalue weighted by Gasteiger charge is -2.02. The Morgan fingerprint density at radius 1 is 1.27 bits per heavy atom. The summed E-state index contributed by atoms with van der Waals surface area (Å²) < 4.78 is 0. The lowest BCUT2D eigenvalue weighted by atomic mass is 10.2. The summed E-state index contributed by atoms with van der Waals surface area (Å²) in [5, 5.41) is 3.19. The van der Waals surface area contributed by atoms with Crippen LogP contribution in [0, 0.1) is 0 Å². The van der Waals surface area contributed by atoms with E-state index in [4.69, 9.17) is 11.6 Å². The first-order valence-corrected chi connectivity index (χ1v) is 5.30. The highest BCUT2D eigenvalue weighted by molar-refractivity contribution is 6.18. The van der Waals surface area contributed by atoms with E-state index in [1.54, 1.807) is 0 Å². The normalized spacial score (nSPS) is 11.0. The second-order valence-corrected chi connectivity index (χ2v) is 3.70. The van der Waals surface area contributed by atoms with Crippen LogP contribution in [0.3, 0.4) is 0 Å². The minimum atomic E-state index is -0.170. The topological polar surface area (TPSA) is 60.7 Å². The Bertz CT molecular complexity index is 503. The van der Waals surface area contributed by atoms with Crippen molar-refractivity contribution in [3.63, 3.8) is 0 Å². The number of rotatable bonds is 4. The molecule has 0 fully saturated rings. The zero-order valence-corrected chi connectivity index (χ0v) is 8.90. The van der Waals surface area contributed by atoms with Crippen molar-refractivity contribution in [2.75, 3.05) is 12.4 Å². The Morgan fingerprint density at radius 2 is 2.07 bits per heavy atom. The van der Waals surface area contributed by atoms with Gasteiger partial charge in [-0.3, -0.25) is 0 Å². The lowest BCUT2D eigenvalue weighted by Crippen LogP contribution is -2.15. The third kappa shape index (κ3) is 2.40. The Morgan fingerprint density at radius 3 is 2.87 bits per heavy atom. The Kier molecular flexibility index (Phi) is 3.08. The van der Waals surface area contributed by atoms with Crippen molar-refractivity contribution in [1.82, 2.24) is 15.3 Å². The maximum absolute atomic E-state index is 11.0. The number of H-pyrrole nitrogens is 2. The second-order valence-electron chi connectivity index (χ2n) is 3.32. The molecule has 0 aliphatic rings. The molecule has 0 saturated carbocycles. The van der Waals surface area contributed by atoms with Crippen LogP contribution < -0.4 is 11.0 Å². The van der Waals surface area contributed by atoms with E-state index in [1.807, 2.05) is 18.2 Å². The van der Waals surface area contributed by atoms with Gasteiger partial charge in [-0.2, -0.15) is 0 Å². The van der Waals surface area contributed by atoms with Gasteiger partial charge in [0.25, 0.3) is 0 Å². The van der Waals surface area contributed by atoms with Crippen LogP contribution in [0.25, 0.3) is 11.0 Å². The predicted molar refractivity (Wildman–Crippen MR) is 61.3 cm³/mol. The highest BCUT2D eigenvalue weighted by Crippen LogP contribution is 2.09. The van der Waals surface area contributed by atoms with Crippen LogP contribution in [0.1, 0.15) is 5.56 Å². The summed E-state index contributed by atoms with van der Waals surface area (Å²) in [5.74, 6) is 0.600. The van der Waals surface area contributed by atoms with Crippen LogP contribution in [0.5, 0.6) is 0 Å². The number of nitrogens with one attached hydrogen (secondary N) is 3. The van der Waals surface area contributed by atoms with Crippen molar-refractivity contribution in [1.29, 1.82) is 0 Å². The summed E-state index contributed by atoms with van der Waals surface area (Å²) in [6.45, 7) is 1.54. The number of alkyl halides is 1. The third-order valence-corrected chi connectivity index (χ3v) is 2.37. The number of fused-ring (bicyclic) bond motifs is 1. The molecule has 1 aromatic carbocycles. The zero-order chi connectivity index (χ0) is 10.7. The number of aromatic amines is 2. The van der Waals surface area contributed by atoms with Gasteiger partial charge in [-0.05, 0) is 17.7 Å². The van der Waals surface area contributed by atoms with Crippen LogP contribution in [0.15, 0.2) is 23.0 Å². The molecule has 4 nitrogen and oxygen atoms in total. The molecule has 0 bridgehead atoms. The third-order valence-electron chi connectivity index (χ3n) is 2.18. The van der Waals surface area contributed by atoms with Crippen molar-refractivity contribution in [3.05, 3.63) is 34.2 Å². The number of imidazole rings is 1. The highest BCUT2D eigenvalue weighted by atomic mass is 35.5. The summed E-state index contributed by atoms with van der Waals surface area (Å²) >= 11 is 5.55. The van der Waals surface area contributed by atoms with E-state index in [-0.39, 0.29) is 5.69 Å². The molecule has 0 unspecified atom stereocenters. The minimum Gasteiger partial charge on any atom is -0.311 e. The molecule has 0 aliphatic carbocycles. The van der Waals surface area contributed by atoms with Crippen molar-refractivity contribution >= 4 is 22.6 Å². The fourth-order valence-electron chi connectivity index (χ4n) is 1.49. The van der Waals surface area contributed by atoms with Crippen LogP contribution in [0.2, 0.25) is 0 Å². The van der Waals surface area contributed by atoms with E-state index in [9.17, 15) is 4.79 Å². The second kappa shape index (κ2) is 4.51. The highest BCUT2D eigenvalue weighted by Gasteiger charge is 1.99. The summed E-state index contributed by atoms with van der Waals surface area (Å²) in [5.41, 5.74) is 2.63. The number of aromatic nitrogens is 2. The van der Waals surface area contributed by atoms with Crippen molar-refractivity contribution in [2.45, 2.75) is 6.54 Å². The lowest BCUT2D eigenvalue weighted by molar-refractivity contribution is 0.731. The Hall–Kier alpha value is -1.26. The van der Waals surface area contributed by atoms with Gasteiger partial charge in [0.05, 0.1) is 11.0 Å². The van der Waals surface area contributed by atoms with Gasteiger partial charge in [0.15, 0.2) is 0 Å². The fraction of sp³-hybridized carbons (Fsp3) is 0.300. The van der Waals surface area contributed by atoms with Crippen molar-refractivity contribution in [2.24, 2.45) is 0 Å². The van der Waals surface area contributed by atoms with E-state index in [0.29, 0.717) is 5.88 Å². The van der Waals surface area contributed by atoms with Gasteiger partial charge >= 0.3 is 5.69 Å². The SMILES string of the molecule is O=c1[nH]c2ccc(CNCCCl)cc2[nH]1. The molecular weight excluding hydrogens is 214 g/mol. The standard InChI is InChI=1S/C10H12ClN3O/c11-3-4-12-6-7-1-2-8-9(5-7)14-10(15)13-8/h1-2,5,12H,3-4,6H2,(H2,13,14,15). The molecule has 5 heteroatoms. The van der Waals surface area contributed by atoms with Crippen LogP contribution in [-0.2, 0) is 6.54 Å². The number of hydrogen-bond donors (Lipinski definition) is 3. The number of benzene rings is 1. The monoisotopic (exact) mass is 225 g/mol. The van der Waals surface area contributed by atoms with Gasteiger partial charge in [-0.25, -0.2) is 4.79 Å². The summed E-state index contributed by atoms with van der Waals surface area (Å²) in [6, 6.07) is 5.83. The first-order chi connectivity index (χ1) is 7.29. The first kappa shape index (κ1) is 10.3. The molecule has 2 rings (SSSR count). The molecule has 80 valence electrons. The molecule has 0 atom stereocenters. The maximum atomic E-state index is 11.0. The van der Waals surface area contributed by atoms with E-state index in [2.05, 4.69) is 15.3 Å². The minimum absolute atomic E-state index is 0.170. The van der Waals surface area contributed by atoms with Gasteiger partial charge in [-0.1, -0.05) is 6.07 Å². The average Bonchev–Trinajstić information content (AvgIpc) is 2.57. The molecule has 0 spiro atoms. The smallest absolute Gasteiger partial charge is 0.311 e. The average molecular weight is 226 g/mol. The van der Waals surface area contributed by atoms with E-state index < -0.39 is 0 Å². The first-order valence-electron chi connectivity index (χ1n) is 4.77. The quantitative estimate of drug-likeness (QED) is 0.541. The van der Waals surface area contributed by atoms with Gasteiger partial charge in [0.2, 0.25) is 0 Å². The van der Waals surface area contributed by atoms with Gasteiger partial charge in [0.1, 0.15) is 0 Å². The maximum Gasteiger partial charge on any atom is 0.323 e. The molecule has 3 N–H and O–H groups in total.